The van der Waals surface area contributed by atoms with Gasteiger partial charge in [-0.25, -0.2) is 0 Å². The summed E-state index contributed by atoms with van der Waals surface area (Å²) in [5.74, 6) is 1.87. The number of nitrogens with one attached hydrogen (secondary N) is 1. The molecular weight excluding hydrogens is 248 g/mol. The Labute approximate surface area is 113 Å². The van der Waals surface area contributed by atoms with E-state index in [1.54, 1.807) is 12.1 Å². The van der Waals surface area contributed by atoms with Crippen molar-refractivity contribution in [3.05, 3.63) is 28.8 Å². The van der Waals surface area contributed by atoms with Crippen LogP contribution < -0.4 is 5.32 Å². The lowest BCUT2D eigenvalue weighted by Gasteiger charge is -2.24. The van der Waals surface area contributed by atoms with Crippen LogP contribution in [0.1, 0.15) is 12.5 Å². The minimum absolute atomic E-state index is 0.349. The quantitative estimate of drug-likeness (QED) is 0.860. The van der Waals surface area contributed by atoms with Crippen LogP contribution in [-0.2, 0) is 6.54 Å². The van der Waals surface area contributed by atoms with Gasteiger partial charge in [0.15, 0.2) is 0 Å². The average Bonchev–Trinajstić information content (AvgIpc) is 2.89. The molecule has 0 amide bonds. The fourth-order valence-corrected chi connectivity index (χ4v) is 3.56. The van der Waals surface area contributed by atoms with Crippen molar-refractivity contribution in [2.24, 2.45) is 11.8 Å². The van der Waals surface area contributed by atoms with Gasteiger partial charge >= 0.3 is 0 Å². The van der Waals surface area contributed by atoms with Gasteiger partial charge in [-0.3, -0.25) is 4.90 Å². The number of phenols is 1. The smallest absolute Gasteiger partial charge is 0.120 e. The first-order valence-corrected chi connectivity index (χ1v) is 6.95. The largest absolute Gasteiger partial charge is 0.508 e. The number of phenolic OH excluding ortho intramolecular Hbond substituents is 1. The van der Waals surface area contributed by atoms with Gasteiger partial charge in [0.1, 0.15) is 5.75 Å². The Bertz CT molecular complexity index is 451. The first-order valence-electron chi connectivity index (χ1n) is 6.57. The van der Waals surface area contributed by atoms with Crippen LogP contribution in [0.2, 0.25) is 5.02 Å². The van der Waals surface area contributed by atoms with Crippen molar-refractivity contribution in [1.82, 2.24) is 10.2 Å². The van der Waals surface area contributed by atoms with Crippen molar-refractivity contribution >= 4 is 11.6 Å². The third kappa shape index (κ3) is 2.11. The van der Waals surface area contributed by atoms with Crippen molar-refractivity contribution < 1.29 is 5.11 Å². The molecule has 3 unspecified atom stereocenters. The summed E-state index contributed by atoms with van der Waals surface area (Å²) in [5, 5.41) is 14.0. The van der Waals surface area contributed by atoms with Gasteiger partial charge in [0.2, 0.25) is 0 Å². The van der Waals surface area contributed by atoms with Gasteiger partial charge in [0.05, 0.1) is 0 Å². The fourth-order valence-electron chi connectivity index (χ4n) is 3.36. The standard InChI is InChI=1S/C14H19ClN2O/c1-9-13-6-16-5-11(13)8-17(9)7-10-4-12(15)2-3-14(10)18/h2-4,9,11,13,16,18H,5-8H2,1H3. The maximum Gasteiger partial charge on any atom is 0.120 e. The second-order valence-corrected chi connectivity index (χ2v) is 5.96. The highest BCUT2D eigenvalue weighted by Gasteiger charge is 2.41. The Kier molecular flexibility index (Phi) is 3.22. The second kappa shape index (κ2) is 4.72. The van der Waals surface area contributed by atoms with Gasteiger partial charge < -0.3 is 10.4 Å². The molecule has 3 nitrogen and oxygen atoms in total. The predicted molar refractivity (Wildman–Crippen MR) is 72.8 cm³/mol. The number of hydrogen-bond acceptors (Lipinski definition) is 3. The van der Waals surface area contributed by atoms with Crippen LogP contribution in [0.25, 0.3) is 0 Å². The molecule has 1 aromatic carbocycles. The van der Waals surface area contributed by atoms with E-state index in [-0.39, 0.29) is 0 Å². The minimum Gasteiger partial charge on any atom is -0.508 e. The Morgan fingerprint density at radius 3 is 3.06 bits per heavy atom. The number of benzene rings is 1. The average molecular weight is 267 g/mol. The van der Waals surface area contributed by atoms with Crippen LogP contribution in [0.15, 0.2) is 18.2 Å². The van der Waals surface area contributed by atoms with Crippen LogP contribution in [0.4, 0.5) is 0 Å². The third-order valence-electron chi connectivity index (χ3n) is 4.47. The lowest BCUT2D eigenvalue weighted by molar-refractivity contribution is 0.229. The zero-order valence-electron chi connectivity index (χ0n) is 10.6. The van der Waals surface area contributed by atoms with Gasteiger partial charge in [-0.15, -0.1) is 0 Å². The van der Waals surface area contributed by atoms with E-state index in [1.165, 1.54) is 0 Å². The van der Waals surface area contributed by atoms with E-state index in [9.17, 15) is 5.11 Å². The summed E-state index contributed by atoms with van der Waals surface area (Å²) in [4.78, 5) is 2.46. The van der Waals surface area contributed by atoms with Crippen LogP contribution in [0.3, 0.4) is 0 Å². The summed E-state index contributed by atoms with van der Waals surface area (Å²) in [7, 11) is 0. The Balaban J connectivity index is 1.75. The molecule has 2 saturated heterocycles. The number of nitrogens with zero attached hydrogens (tertiary/aromatic N) is 1. The molecule has 2 aliphatic heterocycles. The molecule has 2 N–H and O–H groups in total. The van der Waals surface area contributed by atoms with Crippen molar-refractivity contribution in [3.8, 4) is 5.75 Å². The highest BCUT2D eigenvalue weighted by molar-refractivity contribution is 6.30. The summed E-state index contributed by atoms with van der Waals surface area (Å²) >= 11 is 5.99. The number of fused-ring (bicyclic) bond motifs is 1. The van der Waals surface area contributed by atoms with Gasteiger partial charge in [-0.2, -0.15) is 0 Å². The molecule has 98 valence electrons. The van der Waals surface area contributed by atoms with Crippen LogP contribution >= 0.6 is 11.6 Å². The van der Waals surface area contributed by atoms with Crippen molar-refractivity contribution in [3.63, 3.8) is 0 Å². The monoisotopic (exact) mass is 266 g/mol. The van der Waals surface area contributed by atoms with E-state index in [2.05, 4.69) is 17.1 Å². The van der Waals surface area contributed by atoms with Gasteiger partial charge in [0.25, 0.3) is 0 Å². The maximum atomic E-state index is 9.89. The molecule has 2 aliphatic rings. The van der Waals surface area contributed by atoms with E-state index in [1.807, 2.05) is 6.07 Å². The molecule has 0 bridgehead atoms. The molecule has 0 aliphatic carbocycles. The molecule has 1 aromatic rings. The van der Waals surface area contributed by atoms with Crippen molar-refractivity contribution in [2.45, 2.75) is 19.5 Å². The summed E-state index contributed by atoms with van der Waals surface area (Å²) in [6.45, 7) is 6.46. The summed E-state index contributed by atoms with van der Waals surface area (Å²) in [6.07, 6.45) is 0. The van der Waals surface area contributed by atoms with Crippen molar-refractivity contribution in [2.75, 3.05) is 19.6 Å². The fraction of sp³-hybridized carbons (Fsp3) is 0.571. The molecule has 2 heterocycles. The molecule has 18 heavy (non-hydrogen) atoms. The van der Waals surface area contributed by atoms with E-state index in [0.29, 0.717) is 16.8 Å². The third-order valence-corrected chi connectivity index (χ3v) is 4.71. The number of rotatable bonds is 2. The minimum atomic E-state index is 0.349. The first kappa shape index (κ1) is 12.3. The highest BCUT2D eigenvalue weighted by atomic mass is 35.5. The number of hydrogen-bond donors (Lipinski definition) is 2. The molecule has 4 heteroatoms. The maximum absolute atomic E-state index is 9.89. The van der Waals surface area contributed by atoms with Crippen LogP contribution in [-0.4, -0.2) is 35.7 Å². The molecule has 0 aromatic heterocycles. The Morgan fingerprint density at radius 2 is 2.28 bits per heavy atom. The van der Waals surface area contributed by atoms with Crippen LogP contribution in [0.5, 0.6) is 5.75 Å². The molecule has 0 saturated carbocycles. The number of halogens is 1. The van der Waals surface area contributed by atoms with E-state index >= 15 is 0 Å². The van der Waals surface area contributed by atoms with Crippen LogP contribution in [0, 0.1) is 11.8 Å². The Hall–Kier alpha value is -0.770. The van der Waals surface area contributed by atoms with Gasteiger partial charge in [-0.1, -0.05) is 11.6 Å². The summed E-state index contributed by atoms with van der Waals surface area (Å²) < 4.78 is 0. The molecule has 2 fully saturated rings. The molecule has 0 spiro atoms. The highest BCUT2D eigenvalue weighted by Crippen LogP contribution is 2.34. The second-order valence-electron chi connectivity index (χ2n) is 5.53. The zero-order chi connectivity index (χ0) is 12.7. The van der Waals surface area contributed by atoms with Gasteiger partial charge in [-0.05, 0) is 50.0 Å². The van der Waals surface area contributed by atoms with E-state index in [0.717, 1.165) is 43.6 Å². The Morgan fingerprint density at radius 1 is 1.44 bits per heavy atom. The SMILES string of the molecule is CC1C2CNCC2CN1Cc1cc(Cl)ccc1O. The predicted octanol–water partition coefficient (Wildman–Crippen LogP) is 2.09. The van der Waals surface area contributed by atoms with Gasteiger partial charge in [0, 0.05) is 29.7 Å². The molecule has 3 atom stereocenters. The molecule has 0 radical (unpaired) electrons. The lowest BCUT2D eigenvalue weighted by atomic mass is 9.95. The number of aromatic hydroxyl groups is 1. The number of likely N-dealkylation sites (tertiary alicyclic amines) is 1. The van der Waals surface area contributed by atoms with E-state index < -0.39 is 0 Å². The zero-order valence-corrected chi connectivity index (χ0v) is 11.3. The lowest BCUT2D eigenvalue weighted by Crippen LogP contribution is -2.32. The molecular formula is C14H19ClN2O. The normalized spacial score (nSPS) is 31.8. The topological polar surface area (TPSA) is 35.5 Å². The summed E-state index contributed by atoms with van der Waals surface area (Å²) in [6, 6.07) is 5.85. The van der Waals surface area contributed by atoms with Crippen molar-refractivity contribution in [1.29, 1.82) is 0 Å². The molecule has 3 rings (SSSR count). The summed E-state index contributed by atoms with van der Waals surface area (Å²) in [5.41, 5.74) is 0.933. The first-order chi connectivity index (χ1) is 8.65. The van der Waals surface area contributed by atoms with E-state index in [4.69, 9.17) is 11.6 Å².